The van der Waals surface area contributed by atoms with Crippen LogP contribution in [-0.4, -0.2) is 36.3 Å². The van der Waals surface area contributed by atoms with Crippen LogP contribution < -0.4 is 5.32 Å². The number of piperidine rings is 1. The van der Waals surface area contributed by atoms with Gasteiger partial charge in [-0.15, -0.1) is 0 Å². The van der Waals surface area contributed by atoms with E-state index in [1.807, 2.05) is 6.07 Å². The topological polar surface area (TPSA) is 73.2 Å². The van der Waals surface area contributed by atoms with Gasteiger partial charge in [-0.05, 0) is 36.5 Å². The largest absolute Gasteiger partial charge is 0.356 e. The van der Waals surface area contributed by atoms with Gasteiger partial charge in [0.25, 0.3) is 5.91 Å². The number of benzene rings is 1. The normalized spacial score (nSPS) is 19.8. The molecule has 2 aliphatic rings. The van der Waals surface area contributed by atoms with Gasteiger partial charge in [0.1, 0.15) is 5.82 Å². The van der Waals surface area contributed by atoms with Gasteiger partial charge in [0.05, 0.1) is 11.6 Å². The summed E-state index contributed by atoms with van der Waals surface area (Å²) in [6.45, 7) is 1.77. The van der Waals surface area contributed by atoms with Gasteiger partial charge in [0.15, 0.2) is 0 Å². The van der Waals surface area contributed by atoms with Crippen molar-refractivity contribution in [2.45, 2.75) is 19.3 Å². The van der Waals surface area contributed by atoms with Gasteiger partial charge < -0.3 is 10.2 Å². The Labute approximate surface area is 127 Å². The first kappa shape index (κ1) is 14.5. The summed E-state index contributed by atoms with van der Waals surface area (Å²) in [6, 6.07) is 5.54. The van der Waals surface area contributed by atoms with Crippen LogP contribution >= 0.6 is 0 Å². The Bertz CT molecular complexity index is 672. The Morgan fingerprint density at radius 2 is 2.05 bits per heavy atom. The maximum Gasteiger partial charge on any atom is 0.254 e. The van der Waals surface area contributed by atoms with E-state index >= 15 is 0 Å². The number of carbonyl (C=O) groups is 2. The minimum absolute atomic E-state index is 0.0341. The predicted octanol–water partition coefficient (Wildman–Crippen LogP) is 1.44. The summed E-state index contributed by atoms with van der Waals surface area (Å²) in [4.78, 5) is 25.5. The highest BCUT2D eigenvalue weighted by Gasteiger charge is 2.41. The Morgan fingerprint density at radius 3 is 2.64 bits per heavy atom. The first-order valence-corrected chi connectivity index (χ1v) is 7.28. The Balaban J connectivity index is 1.71. The molecule has 114 valence electrons. The molecule has 2 heterocycles. The molecule has 6 heteroatoms. The number of nitriles is 1. The van der Waals surface area contributed by atoms with Crippen LogP contribution in [-0.2, 0) is 4.79 Å². The van der Waals surface area contributed by atoms with Crippen LogP contribution in [0.25, 0.3) is 0 Å². The molecule has 2 amide bonds. The van der Waals surface area contributed by atoms with Crippen LogP contribution in [0.3, 0.4) is 0 Å². The molecular weight excluding hydrogens is 285 g/mol. The first-order chi connectivity index (χ1) is 10.5. The molecule has 2 fully saturated rings. The lowest BCUT2D eigenvalue weighted by Crippen LogP contribution is -2.44. The van der Waals surface area contributed by atoms with Crippen molar-refractivity contribution in [1.82, 2.24) is 10.2 Å². The van der Waals surface area contributed by atoms with E-state index in [9.17, 15) is 14.0 Å². The molecule has 1 N–H and O–H groups in total. The summed E-state index contributed by atoms with van der Waals surface area (Å²) in [7, 11) is 0. The highest BCUT2D eigenvalue weighted by molar-refractivity contribution is 5.94. The number of hydrogen-bond acceptors (Lipinski definition) is 3. The number of nitrogens with zero attached hydrogens (tertiary/aromatic N) is 2. The predicted molar refractivity (Wildman–Crippen MR) is 76.3 cm³/mol. The van der Waals surface area contributed by atoms with Crippen molar-refractivity contribution in [3.8, 4) is 6.07 Å². The zero-order chi connectivity index (χ0) is 15.7. The van der Waals surface area contributed by atoms with Crippen molar-refractivity contribution in [2.24, 2.45) is 5.41 Å². The van der Waals surface area contributed by atoms with E-state index in [-0.39, 0.29) is 28.4 Å². The molecule has 1 aromatic rings. The molecule has 0 radical (unpaired) electrons. The quantitative estimate of drug-likeness (QED) is 0.853. The van der Waals surface area contributed by atoms with Crippen molar-refractivity contribution < 1.29 is 14.0 Å². The van der Waals surface area contributed by atoms with Crippen LogP contribution in [0.4, 0.5) is 4.39 Å². The fraction of sp³-hybridized carbons (Fsp3) is 0.438. The lowest BCUT2D eigenvalue weighted by atomic mass is 9.77. The van der Waals surface area contributed by atoms with E-state index in [2.05, 4.69) is 5.32 Å². The van der Waals surface area contributed by atoms with Crippen LogP contribution in [0.1, 0.15) is 35.2 Å². The van der Waals surface area contributed by atoms with E-state index in [0.29, 0.717) is 26.1 Å². The Hall–Kier alpha value is -2.42. The summed E-state index contributed by atoms with van der Waals surface area (Å²) >= 11 is 0. The van der Waals surface area contributed by atoms with E-state index < -0.39 is 5.82 Å². The smallest absolute Gasteiger partial charge is 0.254 e. The second-order valence-electron chi connectivity index (χ2n) is 6.09. The lowest BCUT2D eigenvalue weighted by molar-refractivity contribution is -0.119. The summed E-state index contributed by atoms with van der Waals surface area (Å²) in [5.74, 6) is -0.770. The van der Waals surface area contributed by atoms with Gasteiger partial charge in [0.2, 0.25) is 5.91 Å². The van der Waals surface area contributed by atoms with Gasteiger partial charge >= 0.3 is 0 Å². The van der Waals surface area contributed by atoms with E-state index in [1.165, 1.54) is 6.07 Å². The van der Waals surface area contributed by atoms with Crippen molar-refractivity contribution in [3.63, 3.8) is 0 Å². The number of likely N-dealkylation sites (tertiary alicyclic amines) is 1. The molecule has 0 aromatic heterocycles. The number of amides is 2. The Morgan fingerprint density at radius 1 is 1.32 bits per heavy atom. The summed E-state index contributed by atoms with van der Waals surface area (Å²) < 4.78 is 13.5. The van der Waals surface area contributed by atoms with Crippen LogP contribution in [0.5, 0.6) is 0 Å². The minimum Gasteiger partial charge on any atom is -0.356 e. The molecule has 2 saturated heterocycles. The van der Waals surface area contributed by atoms with Gasteiger partial charge in [-0.2, -0.15) is 5.26 Å². The SMILES string of the molecule is N#Cc1cc(F)cc(C(=O)N2CCC3(CC2)CNC(=O)C3)c1. The van der Waals surface area contributed by atoms with Crippen molar-refractivity contribution >= 4 is 11.8 Å². The second-order valence-corrected chi connectivity index (χ2v) is 6.09. The highest BCUT2D eigenvalue weighted by Crippen LogP contribution is 2.37. The van der Waals surface area contributed by atoms with Crippen molar-refractivity contribution in [2.75, 3.05) is 19.6 Å². The maximum absolute atomic E-state index is 13.5. The van der Waals surface area contributed by atoms with E-state index in [0.717, 1.165) is 25.0 Å². The number of carbonyl (C=O) groups excluding carboxylic acids is 2. The molecule has 3 rings (SSSR count). The lowest BCUT2D eigenvalue weighted by Gasteiger charge is -2.38. The fourth-order valence-corrected chi connectivity index (χ4v) is 3.25. The molecule has 0 aliphatic carbocycles. The van der Waals surface area contributed by atoms with Gasteiger partial charge in [-0.1, -0.05) is 0 Å². The van der Waals surface area contributed by atoms with E-state index in [4.69, 9.17) is 5.26 Å². The standard InChI is InChI=1S/C16H16FN3O2/c17-13-6-11(9-18)5-12(7-13)15(22)20-3-1-16(2-4-20)8-14(21)19-10-16/h5-7H,1-4,8,10H2,(H,19,21). The van der Waals surface area contributed by atoms with E-state index in [1.54, 1.807) is 4.90 Å². The number of halogens is 1. The average Bonchev–Trinajstić information content (AvgIpc) is 2.87. The molecule has 0 bridgehead atoms. The maximum atomic E-state index is 13.5. The molecule has 2 aliphatic heterocycles. The highest BCUT2D eigenvalue weighted by atomic mass is 19.1. The van der Waals surface area contributed by atoms with Gasteiger partial charge in [0, 0.05) is 31.6 Å². The first-order valence-electron chi connectivity index (χ1n) is 7.28. The monoisotopic (exact) mass is 301 g/mol. The number of rotatable bonds is 1. The zero-order valence-electron chi connectivity index (χ0n) is 12.1. The molecular formula is C16H16FN3O2. The summed E-state index contributed by atoms with van der Waals surface area (Å²) in [6.07, 6.45) is 2.05. The Kier molecular flexibility index (Phi) is 3.57. The average molecular weight is 301 g/mol. The minimum atomic E-state index is -0.582. The molecule has 1 spiro atoms. The van der Waals surface area contributed by atoms with Gasteiger partial charge in [-0.25, -0.2) is 4.39 Å². The molecule has 0 saturated carbocycles. The van der Waals surface area contributed by atoms with Crippen molar-refractivity contribution in [1.29, 1.82) is 5.26 Å². The molecule has 22 heavy (non-hydrogen) atoms. The third-order valence-corrected chi connectivity index (χ3v) is 4.58. The molecule has 5 nitrogen and oxygen atoms in total. The zero-order valence-corrected chi connectivity index (χ0v) is 12.1. The van der Waals surface area contributed by atoms with Crippen molar-refractivity contribution in [3.05, 3.63) is 35.1 Å². The fourth-order valence-electron chi connectivity index (χ4n) is 3.25. The molecule has 0 atom stereocenters. The molecule has 1 aromatic carbocycles. The van der Waals surface area contributed by atoms with Crippen LogP contribution in [0.15, 0.2) is 18.2 Å². The third-order valence-electron chi connectivity index (χ3n) is 4.58. The number of hydrogen-bond donors (Lipinski definition) is 1. The summed E-state index contributed by atoms with van der Waals surface area (Å²) in [5.41, 5.74) is 0.309. The van der Waals surface area contributed by atoms with Gasteiger partial charge in [-0.3, -0.25) is 9.59 Å². The molecule has 0 unspecified atom stereocenters. The van der Waals surface area contributed by atoms with Crippen LogP contribution in [0.2, 0.25) is 0 Å². The number of nitrogens with one attached hydrogen (secondary N) is 1. The third kappa shape index (κ3) is 2.67. The van der Waals surface area contributed by atoms with Crippen LogP contribution in [0, 0.1) is 22.6 Å². The summed E-state index contributed by atoms with van der Waals surface area (Å²) in [5, 5.41) is 11.7. The second kappa shape index (κ2) is 5.41.